The second-order valence-electron chi connectivity index (χ2n) is 4.71. The van der Waals surface area contributed by atoms with Gasteiger partial charge in [-0.05, 0) is 30.4 Å². The molecule has 0 spiro atoms. The van der Waals surface area contributed by atoms with E-state index in [0.717, 1.165) is 0 Å². The number of carbonyl (C=O) groups is 1. The lowest BCUT2D eigenvalue weighted by molar-refractivity contribution is -0.138. The number of carbonyl (C=O) groups excluding carboxylic acids is 1. The number of nitrogens with two attached hydrogens (primary N) is 1. The molecule has 1 aliphatic rings. The van der Waals surface area contributed by atoms with Gasteiger partial charge in [0.05, 0.1) is 0 Å². The van der Waals surface area contributed by atoms with E-state index in [2.05, 4.69) is 0 Å². The standard InChI is InChI=1S/C13H16ClNO2/c1-8-6-7-11(16)12(17)13(8,15)9-4-2-3-5-10(9)14/h2-5,8,11,16H,6-7,15H2,1H3/t8-,11+,13+/m1/s1. The van der Waals surface area contributed by atoms with Gasteiger partial charge in [0.2, 0.25) is 0 Å². The fourth-order valence-electron chi connectivity index (χ4n) is 2.48. The molecule has 1 aromatic rings. The van der Waals surface area contributed by atoms with Crippen molar-refractivity contribution in [1.29, 1.82) is 0 Å². The van der Waals surface area contributed by atoms with Gasteiger partial charge in [0, 0.05) is 5.02 Å². The molecule has 0 heterocycles. The van der Waals surface area contributed by atoms with Gasteiger partial charge in [-0.2, -0.15) is 0 Å². The number of hydrogen-bond acceptors (Lipinski definition) is 3. The minimum absolute atomic E-state index is 0.0294. The molecule has 0 amide bonds. The molecule has 1 saturated carbocycles. The Hall–Kier alpha value is -0.900. The number of aliphatic hydroxyl groups excluding tert-OH is 1. The molecule has 2 rings (SSSR count). The Morgan fingerprint density at radius 2 is 2.06 bits per heavy atom. The predicted octanol–water partition coefficient (Wildman–Crippen LogP) is 1.85. The number of halogens is 1. The molecule has 0 aromatic heterocycles. The van der Waals surface area contributed by atoms with Crippen molar-refractivity contribution >= 4 is 17.4 Å². The van der Waals surface area contributed by atoms with Gasteiger partial charge in [-0.25, -0.2) is 0 Å². The van der Waals surface area contributed by atoms with Crippen LogP contribution in [0, 0.1) is 5.92 Å². The normalized spacial score (nSPS) is 33.8. The van der Waals surface area contributed by atoms with E-state index in [1.165, 1.54) is 0 Å². The molecule has 4 heteroatoms. The lowest BCUT2D eigenvalue weighted by Gasteiger charge is -2.40. The van der Waals surface area contributed by atoms with E-state index in [9.17, 15) is 9.90 Å². The highest BCUT2D eigenvalue weighted by molar-refractivity contribution is 6.31. The maximum atomic E-state index is 12.2. The van der Waals surface area contributed by atoms with Crippen LogP contribution in [0.5, 0.6) is 0 Å². The third kappa shape index (κ3) is 1.88. The first-order valence-electron chi connectivity index (χ1n) is 5.74. The minimum Gasteiger partial charge on any atom is -0.385 e. The summed E-state index contributed by atoms with van der Waals surface area (Å²) in [5.74, 6) is -0.359. The molecule has 0 radical (unpaired) electrons. The fourth-order valence-corrected chi connectivity index (χ4v) is 2.77. The van der Waals surface area contributed by atoms with Crippen molar-refractivity contribution in [2.75, 3.05) is 0 Å². The van der Waals surface area contributed by atoms with Gasteiger partial charge in [-0.3, -0.25) is 4.79 Å². The average Bonchev–Trinajstić information content (AvgIpc) is 2.32. The van der Waals surface area contributed by atoms with Crippen LogP contribution in [0.4, 0.5) is 0 Å². The quantitative estimate of drug-likeness (QED) is 0.803. The van der Waals surface area contributed by atoms with Crippen molar-refractivity contribution in [3.8, 4) is 0 Å². The fraction of sp³-hybridized carbons (Fsp3) is 0.462. The molecule has 1 fully saturated rings. The van der Waals surface area contributed by atoms with Crippen molar-refractivity contribution in [3.05, 3.63) is 34.9 Å². The van der Waals surface area contributed by atoms with Gasteiger partial charge in [0.15, 0.2) is 5.78 Å². The van der Waals surface area contributed by atoms with E-state index in [1.807, 2.05) is 6.92 Å². The summed E-state index contributed by atoms with van der Waals surface area (Å²) in [6, 6.07) is 7.07. The molecule has 1 aromatic carbocycles. The van der Waals surface area contributed by atoms with Crippen LogP contribution in [0.15, 0.2) is 24.3 Å². The van der Waals surface area contributed by atoms with Crippen LogP contribution in [0.2, 0.25) is 5.02 Å². The average molecular weight is 254 g/mol. The number of rotatable bonds is 1. The molecule has 0 aliphatic heterocycles. The highest BCUT2D eigenvalue weighted by Gasteiger charge is 2.48. The van der Waals surface area contributed by atoms with Gasteiger partial charge >= 0.3 is 0 Å². The van der Waals surface area contributed by atoms with Crippen molar-refractivity contribution in [1.82, 2.24) is 0 Å². The molecule has 0 saturated heterocycles. The van der Waals surface area contributed by atoms with Gasteiger partial charge in [0.25, 0.3) is 0 Å². The molecule has 92 valence electrons. The Labute approximate surface area is 106 Å². The topological polar surface area (TPSA) is 63.3 Å². The highest BCUT2D eigenvalue weighted by Crippen LogP contribution is 2.39. The Balaban J connectivity index is 2.53. The Kier molecular flexibility index (Phi) is 3.25. The number of ketones is 1. The largest absolute Gasteiger partial charge is 0.385 e. The zero-order valence-corrected chi connectivity index (χ0v) is 10.4. The van der Waals surface area contributed by atoms with Crippen LogP contribution in [-0.2, 0) is 10.3 Å². The molecule has 3 atom stereocenters. The van der Waals surface area contributed by atoms with Gasteiger partial charge in [0.1, 0.15) is 11.6 Å². The van der Waals surface area contributed by atoms with E-state index in [1.54, 1.807) is 24.3 Å². The Morgan fingerprint density at radius 1 is 1.41 bits per heavy atom. The highest BCUT2D eigenvalue weighted by atomic mass is 35.5. The maximum Gasteiger partial charge on any atom is 0.185 e. The van der Waals surface area contributed by atoms with E-state index in [4.69, 9.17) is 17.3 Å². The molecule has 17 heavy (non-hydrogen) atoms. The van der Waals surface area contributed by atoms with Crippen molar-refractivity contribution in [3.63, 3.8) is 0 Å². The maximum absolute atomic E-state index is 12.2. The van der Waals surface area contributed by atoms with Crippen LogP contribution in [0.25, 0.3) is 0 Å². The SMILES string of the molecule is C[C@@H]1CC[C@H](O)C(=O)[C@@]1(N)c1ccccc1Cl. The minimum atomic E-state index is -1.17. The van der Waals surface area contributed by atoms with Crippen molar-refractivity contribution < 1.29 is 9.90 Å². The number of aliphatic hydroxyl groups is 1. The molecule has 3 N–H and O–H groups in total. The van der Waals surface area contributed by atoms with Crippen molar-refractivity contribution in [2.24, 2.45) is 11.7 Å². The summed E-state index contributed by atoms with van der Waals surface area (Å²) in [5, 5.41) is 10.2. The summed E-state index contributed by atoms with van der Waals surface area (Å²) < 4.78 is 0. The molecule has 0 bridgehead atoms. The Morgan fingerprint density at radius 3 is 2.71 bits per heavy atom. The lowest BCUT2D eigenvalue weighted by Crippen LogP contribution is -2.57. The smallest absolute Gasteiger partial charge is 0.185 e. The van der Waals surface area contributed by atoms with Gasteiger partial charge in [-0.1, -0.05) is 36.7 Å². The summed E-state index contributed by atoms with van der Waals surface area (Å²) in [6.45, 7) is 1.92. The second kappa shape index (κ2) is 4.41. The van der Waals surface area contributed by atoms with E-state index in [-0.39, 0.29) is 11.7 Å². The third-order valence-corrected chi connectivity index (χ3v) is 4.01. The Bertz CT molecular complexity index is 449. The molecule has 3 nitrogen and oxygen atoms in total. The lowest BCUT2D eigenvalue weighted by atomic mass is 9.68. The summed E-state index contributed by atoms with van der Waals surface area (Å²) in [7, 11) is 0. The zero-order chi connectivity index (χ0) is 12.6. The molecular weight excluding hydrogens is 238 g/mol. The van der Waals surface area contributed by atoms with Crippen molar-refractivity contribution in [2.45, 2.75) is 31.4 Å². The zero-order valence-electron chi connectivity index (χ0n) is 9.69. The second-order valence-corrected chi connectivity index (χ2v) is 5.11. The number of Topliss-reactive ketones (excluding diaryl/α,β-unsaturated/α-hetero) is 1. The van der Waals surface area contributed by atoms with Crippen LogP contribution in [0.3, 0.4) is 0 Å². The van der Waals surface area contributed by atoms with Gasteiger partial charge < -0.3 is 10.8 Å². The number of benzene rings is 1. The summed E-state index contributed by atoms with van der Waals surface area (Å²) in [6.07, 6.45) is 0.213. The third-order valence-electron chi connectivity index (χ3n) is 3.68. The first-order valence-corrected chi connectivity index (χ1v) is 6.12. The van der Waals surface area contributed by atoms with Crippen LogP contribution in [-0.4, -0.2) is 17.0 Å². The summed E-state index contributed by atoms with van der Waals surface area (Å²) >= 11 is 6.11. The molecular formula is C13H16ClNO2. The van der Waals surface area contributed by atoms with E-state index < -0.39 is 11.6 Å². The molecule has 0 unspecified atom stereocenters. The van der Waals surface area contributed by atoms with E-state index in [0.29, 0.717) is 23.4 Å². The first kappa shape index (κ1) is 12.6. The predicted molar refractivity (Wildman–Crippen MR) is 66.7 cm³/mol. The van der Waals surface area contributed by atoms with Crippen LogP contribution < -0.4 is 5.73 Å². The first-order chi connectivity index (χ1) is 7.98. The van der Waals surface area contributed by atoms with Crippen LogP contribution in [0.1, 0.15) is 25.3 Å². The summed E-state index contributed by atoms with van der Waals surface area (Å²) in [4.78, 5) is 12.2. The van der Waals surface area contributed by atoms with E-state index >= 15 is 0 Å². The van der Waals surface area contributed by atoms with Crippen LogP contribution >= 0.6 is 11.6 Å². The monoisotopic (exact) mass is 253 g/mol. The molecule has 1 aliphatic carbocycles. The summed E-state index contributed by atoms with van der Waals surface area (Å²) in [5.41, 5.74) is 5.70. The number of hydrogen-bond donors (Lipinski definition) is 2. The van der Waals surface area contributed by atoms with Gasteiger partial charge in [-0.15, -0.1) is 0 Å².